The smallest absolute Gasteiger partial charge is 0.352 e. The lowest BCUT2D eigenvalue weighted by Crippen LogP contribution is -2.71. The van der Waals surface area contributed by atoms with Gasteiger partial charge in [-0.15, -0.1) is 28.5 Å². The first-order valence-corrected chi connectivity index (χ1v) is 12.3. The van der Waals surface area contributed by atoms with E-state index in [4.69, 9.17) is 17.0 Å². The number of carboxylic acid groups (broad SMARTS) is 1. The molecule has 0 radical (unpaired) electrons. The number of β-lactam (4-membered cyclic amide) rings is 1. The zero-order chi connectivity index (χ0) is 23.2. The number of nitrogens with zero attached hydrogens (tertiary/aromatic N) is 6. The third kappa shape index (κ3) is 4.12. The molecule has 4 atom stereocenters. The van der Waals surface area contributed by atoms with Crippen LogP contribution in [0.5, 0.6) is 0 Å². The molecule has 32 heavy (non-hydrogen) atoms. The van der Waals surface area contributed by atoms with Crippen molar-refractivity contribution in [1.29, 1.82) is 5.41 Å². The fourth-order valence-electron chi connectivity index (χ4n) is 3.19. The van der Waals surface area contributed by atoms with E-state index in [2.05, 4.69) is 25.8 Å². The zero-order valence-corrected chi connectivity index (χ0v) is 19.3. The minimum atomic E-state index is -1.72. The number of aryl methyl sites for hydroxylation is 1. The van der Waals surface area contributed by atoms with Gasteiger partial charge in [0.15, 0.2) is 11.3 Å². The lowest BCUT2D eigenvalue weighted by molar-refractivity contribution is -0.151. The summed E-state index contributed by atoms with van der Waals surface area (Å²) in [6.07, 6.45) is -1.72. The molecule has 4 heterocycles. The number of carbonyl (C=O) groups is 3. The molecule has 4 rings (SSSR count). The minimum Gasteiger partial charge on any atom is -0.477 e. The number of halogens is 1. The average molecular weight is 519 g/mol. The maximum absolute atomic E-state index is 12.7. The van der Waals surface area contributed by atoms with Gasteiger partial charge in [0.1, 0.15) is 21.8 Å². The van der Waals surface area contributed by atoms with Crippen LogP contribution in [0.3, 0.4) is 0 Å². The van der Waals surface area contributed by atoms with Crippen LogP contribution in [0.2, 0.25) is 0 Å². The van der Waals surface area contributed by atoms with Crippen molar-refractivity contribution in [2.24, 2.45) is 12.0 Å². The van der Waals surface area contributed by atoms with E-state index in [1.165, 1.54) is 28.2 Å². The largest absolute Gasteiger partial charge is 0.477 e. The summed E-state index contributed by atoms with van der Waals surface area (Å²) in [5.41, 5.74) is 0.326. The maximum atomic E-state index is 12.7. The van der Waals surface area contributed by atoms with E-state index in [1.807, 2.05) is 0 Å². The van der Waals surface area contributed by atoms with Crippen LogP contribution >= 0.6 is 46.9 Å². The highest BCUT2D eigenvalue weighted by Gasteiger charge is 2.54. The molecule has 3 aliphatic heterocycles. The molecule has 2 amide bonds. The third-order valence-corrected chi connectivity index (χ3v) is 8.40. The van der Waals surface area contributed by atoms with E-state index in [0.717, 1.165) is 16.7 Å². The maximum Gasteiger partial charge on any atom is 0.352 e. The summed E-state index contributed by atoms with van der Waals surface area (Å²) in [6, 6.07) is -1.00. The van der Waals surface area contributed by atoms with Crippen LogP contribution in [0.1, 0.15) is 0 Å². The van der Waals surface area contributed by atoms with Crippen molar-refractivity contribution in [2.75, 3.05) is 11.5 Å². The minimum absolute atomic E-state index is 0.0808. The number of amidine groups is 1. The first kappa shape index (κ1) is 23.0. The number of tetrazole rings is 1. The van der Waals surface area contributed by atoms with Gasteiger partial charge in [0.25, 0.3) is 11.8 Å². The highest BCUT2D eigenvalue weighted by atomic mass is 35.5. The van der Waals surface area contributed by atoms with E-state index in [0.29, 0.717) is 16.5 Å². The number of rotatable bonds is 7. The molecule has 3 unspecified atom stereocenters. The fourth-order valence-corrected chi connectivity index (χ4v) is 6.61. The predicted octanol–water partition coefficient (Wildman–Crippen LogP) is -0.911. The molecular weight excluding hydrogens is 504 g/mol. The topological polar surface area (TPSA) is 187 Å². The van der Waals surface area contributed by atoms with Gasteiger partial charge >= 0.3 is 5.97 Å². The van der Waals surface area contributed by atoms with Crippen LogP contribution in [0, 0.1) is 5.41 Å². The number of fused-ring (bicyclic) bond motifs is 1. The van der Waals surface area contributed by atoms with Gasteiger partial charge in [0, 0.05) is 18.6 Å². The summed E-state index contributed by atoms with van der Waals surface area (Å²) in [6.45, 7) is 0. The Bertz CT molecular complexity index is 1080. The SMILES string of the molecule is Cn1nnnc1SCC1=C(C(=O)O)N2C(=O)C(NC(=O)C(O)C3=NC(=N)SC3Cl)[C@@H]2SC1. The first-order chi connectivity index (χ1) is 15.2. The Labute approximate surface area is 197 Å². The van der Waals surface area contributed by atoms with Gasteiger partial charge in [-0.05, 0) is 16.0 Å². The second-order valence-corrected chi connectivity index (χ2v) is 10.5. The van der Waals surface area contributed by atoms with Gasteiger partial charge in [-0.25, -0.2) is 14.5 Å². The molecule has 13 nitrogen and oxygen atoms in total. The molecule has 1 aromatic rings. The number of alkyl halides is 1. The molecule has 170 valence electrons. The second-order valence-electron chi connectivity index (χ2n) is 6.71. The number of aliphatic carboxylic acids is 1. The number of carbonyl (C=O) groups excluding carboxylic acids is 2. The molecule has 0 spiro atoms. The molecule has 1 aromatic heterocycles. The van der Waals surface area contributed by atoms with Crippen molar-refractivity contribution in [2.45, 2.75) is 27.4 Å². The quantitative estimate of drug-likeness (QED) is 0.199. The number of hydrogen-bond donors (Lipinski definition) is 4. The number of hydrogen-bond acceptors (Lipinski definition) is 11. The Morgan fingerprint density at radius 2 is 2.22 bits per heavy atom. The molecule has 17 heteroatoms. The molecule has 0 aliphatic carbocycles. The monoisotopic (exact) mass is 518 g/mol. The van der Waals surface area contributed by atoms with Crippen LogP contribution in [0.25, 0.3) is 0 Å². The van der Waals surface area contributed by atoms with Gasteiger partial charge in [-0.3, -0.25) is 19.9 Å². The van der Waals surface area contributed by atoms with Crippen molar-refractivity contribution in [3.05, 3.63) is 11.3 Å². The Morgan fingerprint density at radius 1 is 1.47 bits per heavy atom. The zero-order valence-electron chi connectivity index (χ0n) is 16.1. The number of carboxylic acids is 1. The van der Waals surface area contributed by atoms with Gasteiger partial charge in [0.05, 0.1) is 5.71 Å². The first-order valence-electron chi connectivity index (χ1n) is 8.90. The van der Waals surface area contributed by atoms with E-state index in [1.54, 1.807) is 7.05 Å². The van der Waals surface area contributed by atoms with Crippen LogP contribution in [0.15, 0.2) is 21.4 Å². The number of aliphatic imine (C=N–C) groups is 1. The molecule has 3 aliphatic rings. The number of amides is 2. The second kappa shape index (κ2) is 9.01. The van der Waals surface area contributed by atoms with Crippen LogP contribution in [0.4, 0.5) is 0 Å². The molecule has 0 bridgehead atoms. The lowest BCUT2D eigenvalue weighted by atomic mass is 10.0. The summed E-state index contributed by atoms with van der Waals surface area (Å²) in [5.74, 6) is -2.13. The average Bonchev–Trinajstić information content (AvgIpc) is 3.32. The lowest BCUT2D eigenvalue weighted by Gasteiger charge is -2.49. The highest BCUT2D eigenvalue weighted by Crippen LogP contribution is 2.41. The summed E-state index contributed by atoms with van der Waals surface area (Å²) < 4.78 is 0.599. The normalized spacial score (nSPS) is 25.9. The predicted molar refractivity (Wildman–Crippen MR) is 118 cm³/mol. The summed E-state index contributed by atoms with van der Waals surface area (Å²) >= 11 is 9.40. The molecule has 4 N–H and O–H groups in total. The molecule has 0 aromatic carbocycles. The van der Waals surface area contributed by atoms with Crippen LogP contribution in [-0.2, 0) is 21.4 Å². The van der Waals surface area contributed by atoms with Gasteiger partial charge in [-0.2, -0.15) is 0 Å². The van der Waals surface area contributed by atoms with Crippen molar-refractivity contribution < 1.29 is 24.6 Å². The fraction of sp³-hybridized carbons (Fsp3) is 0.467. The summed E-state index contributed by atoms with van der Waals surface area (Å²) in [7, 11) is 1.66. The standard InChI is InChI=1S/C15H15ClN8O5S3/c1-23-15(20-21-22-23)31-3-4-2-30-12-6(11(27)24(12)7(4)13(28)29)18-10(26)8(25)5-9(16)32-14(17)19-5/h6,8-9,12,17,25H,2-3H2,1H3,(H,18,26)(H,28,29)/t6?,8?,9?,12-/m0/s1. The van der Waals surface area contributed by atoms with Crippen molar-refractivity contribution in [3.8, 4) is 0 Å². The van der Waals surface area contributed by atoms with Gasteiger partial charge in [0.2, 0.25) is 5.16 Å². The summed E-state index contributed by atoms with van der Waals surface area (Å²) in [4.78, 5) is 42.0. The molecule has 1 saturated heterocycles. The molecule has 0 saturated carbocycles. The number of thioether (sulfide) groups is 3. The number of aliphatic hydroxyl groups excluding tert-OH is 1. The van der Waals surface area contributed by atoms with Crippen LogP contribution < -0.4 is 5.32 Å². The van der Waals surface area contributed by atoms with E-state index >= 15 is 0 Å². The number of nitrogens with one attached hydrogen (secondary N) is 2. The van der Waals surface area contributed by atoms with E-state index < -0.39 is 40.0 Å². The number of aliphatic hydroxyl groups is 1. The van der Waals surface area contributed by atoms with E-state index in [9.17, 15) is 24.6 Å². The third-order valence-electron chi connectivity index (χ3n) is 4.71. The highest BCUT2D eigenvalue weighted by molar-refractivity contribution is 8.16. The van der Waals surface area contributed by atoms with Crippen molar-refractivity contribution >= 4 is 75.5 Å². The number of aromatic nitrogens is 4. The molecular formula is C15H15ClN8O5S3. The molecule has 1 fully saturated rings. The van der Waals surface area contributed by atoms with Crippen LogP contribution in [-0.4, -0.2) is 97.7 Å². The van der Waals surface area contributed by atoms with E-state index in [-0.39, 0.29) is 22.3 Å². The van der Waals surface area contributed by atoms with Gasteiger partial charge in [-0.1, -0.05) is 23.5 Å². The Hall–Kier alpha value is -2.14. The van der Waals surface area contributed by atoms with Crippen molar-refractivity contribution in [3.63, 3.8) is 0 Å². The Morgan fingerprint density at radius 3 is 2.81 bits per heavy atom. The van der Waals surface area contributed by atoms with Crippen molar-refractivity contribution in [1.82, 2.24) is 30.4 Å². The Balaban J connectivity index is 1.45. The van der Waals surface area contributed by atoms with Gasteiger partial charge < -0.3 is 15.5 Å². The Kier molecular flexibility index (Phi) is 6.49. The summed E-state index contributed by atoms with van der Waals surface area (Å²) in [5, 5.41) is 40.7.